The molecule has 0 saturated carbocycles. The van der Waals surface area contributed by atoms with Gasteiger partial charge in [-0.15, -0.1) is 0 Å². The van der Waals surface area contributed by atoms with Crippen molar-refractivity contribution in [2.75, 3.05) is 0 Å². The molecule has 19 heavy (non-hydrogen) atoms. The number of hydrogen-bond donors (Lipinski definition) is 1. The molecule has 0 spiro atoms. The van der Waals surface area contributed by atoms with E-state index in [1.54, 1.807) is 5.10 Å². The van der Waals surface area contributed by atoms with Crippen molar-refractivity contribution < 1.29 is 26.0 Å². The number of aryl methyl sites for hydroxylation is 1. The van der Waals surface area contributed by atoms with Crippen molar-refractivity contribution in [1.29, 1.82) is 0 Å². The van der Waals surface area contributed by atoms with Crippen LogP contribution < -0.4 is 0 Å². The normalized spacial score (nSPS) is 12.9. The van der Waals surface area contributed by atoms with Crippen molar-refractivity contribution >= 4 is 19.7 Å². The highest BCUT2D eigenvalue weighted by Crippen LogP contribution is 2.33. The monoisotopic (exact) mass is 314 g/mol. The fraction of sp³-hybridized carbons (Fsp3) is 0.222. The number of nitrogens with one attached hydrogen (secondary N) is 1. The van der Waals surface area contributed by atoms with Gasteiger partial charge in [0.2, 0.25) is 0 Å². The Kier molecular flexibility index (Phi) is 3.13. The molecule has 0 atom stereocenters. The molecule has 0 aliphatic rings. The summed E-state index contributed by atoms with van der Waals surface area (Å²) >= 11 is 0. The van der Waals surface area contributed by atoms with Crippen LogP contribution >= 0.6 is 10.7 Å². The van der Waals surface area contributed by atoms with Crippen LogP contribution in [-0.2, 0) is 15.2 Å². The van der Waals surface area contributed by atoms with E-state index in [2.05, 4.69) is 5.10 Å². The van der Waals surface area contributed by atoms with Crippen LogP contribution in [0.15, 0.2) is 21.4 Å². The van der Waals surface area contributed by atoms with Crippen LogP contribution in [0.3, 0.4) is 0 Å². The fourth-order valence-electron chi connectivity index (χ4n) is 1.43. The van der Waals surface area contributed by atoms with Gasteiger partial charge in [0, 0.05) is 16.7 Å². The van der Waals surface area contributed by atoms with Gasteiger partial charge in [-0.2, -0.15) is 18.3 Å². The van der Waals surface area contributed by atoms with Gasteiger partial charge in [-0.25, -0.2) is 8.42 Å². The first-order valence-electron chi connectivity index (χ1n) is 4.77. The van der Waals surface area contributed by atoms with Gasteiger partial charge >= 0.3 is 6.18 Å². The molecule has 0 aromatic carbocycles. The summed E-state index contributed by atoms with van der Waals surface area (Å²) in [7, 11) is 1.12. The lowest BCUT2D eigenvalue weighted by atomic mass is 10.3. The zero-order chi connectivity index (χ0) is 14.4. The number of furan rings is 1. The zero-order valence-electron chi connectivity index (χ0n) is 9.25. The number of hydrogen-bond acceptors (Lipinski definition) is 4. The molecule has 0 fully saturated rings. The SMILES string of the molecule is Cc1oc(-c2cc(C(F)(F)F)[nH]n2)cc1S(=O)(=O)Cl. The molecule has 0 unspecified atom stereocenters. The highest BCUT2D eigenvalue weighted by Gasteiger charge is 2.33. The molecule has 2 rings (SSSR count). The van der Waals surface area contributed by atoms with E-state index in [1.807, 2.05) is 0 Å². The van der Waals surface area contributed by atoms with E-state index in [9.17, 15) is 21.6 Å². The van der Waals surface area contributed by atoms with Crippen LogP contribution in [0.2, 0.25) is 0 Å². The minimum Gasteiger partial charge on any atom is -0.458 e. The molecular formula is C9H6ClF3N2O3S. The highest BCUT2D eigenvalue weighted by atomic mass is 35.7. The lowest BCUT2D eigenvalue weighted by Crippen LogP contribution is -2.04. The number of aromatic amines is 1. The Labute approximate surface area is 109 Å². The van der Waals surface area contributed by atoms with Crippen molar-refractivity contribution in [1.82, 2.24) is 10.2 Å². The molecule has 0 bridgehead atoms. The molecule has 0 aliphatic heterocycles. The highest BCUT2D eigenvalue weighted by molar-refractivity contribution is 8.13. The Morgan fingerprint density at radius 1 is 1.37 bits per heavy atom. The number of nitrogens with zero attached hydrogens (tertiary/aromatic N) is 1. The van der Waals surface area contributed by atoms with E-state index in [0.29, 0.717) is 6.07 Å². The molecule has 0 radical (unpaired) electrons. The van der Waals surface area contributed by atoms with E-state index in [0.717, 1.165) is 6.07 Å². The lowest BCUT2D eigenvalue weighted by Gasteiger charge is -1.99. The first-order chi connectivity index (χ1) is 8.59. The van der Waals surface area contributed by atoms with E-state index in [1.165, 1.54) is 6.92 Å². The third-order valence-corrected chi connectivity index (χ3v) is 3.70. The lowest BCUT2D eigenvalue weighted by molar-refractivity contribution is -0.141. The van der Waals surface area contributed by atoms with Gasteiger partial charge in [0.05, 0.1) is 0 Å². The Morgan fingerprint density at radius 3 is 2.42 bits per heavy atom. The van der Waals surface area contributed by atoms with Crippen LogP contribution in [0.1, 0.15) is 11.5 Å². The van der Waals surface area contributed by atoms with Gasteiger partial charge in [0.1, 0.15) is 22.0 Å². The predicted octanol–water partition coefficient (Wildman–Crippen LogP) is 2.92. The smallest absolute Gasteiger partial charge is 0.432 e. The zero-order valence-corrected chi connectivity index (χ0v) is 10.8. The Morgan fingerprint density at radius 2 is 2.00 bits per heavy atom. The molecule has 1 N–H and O–H groups in total. The summed E-state index contributed by atoms with van der Waals surface area (Å²) in [5, 5.41) is 5.21. The molecular weight excluding hydrogens is 309 g/mol. The third-order valence-electron chi connectivity index (χ3n) is 2.27. The van der Waals surface area contributed by atoms with Crippen molar-refractivity contribution in [3.8, 4) is 11.5 Å². The van der Waals surface area contributed by atoms with Gasteiger partial charge in [0.25, 0.3) is 9.05 Å². The second kappa shape index (κ2) is 4.27. The molecule has 0 saturated heterocycles. The largest absolute Gasteiger partial charge is 0.458 e. The fourth-order valence-corrected chi connectivity index (χ4v) is 2.52. The molecule has 2 aromatic heterocycles. The van der Waals surface area contributed by atoms with Gasteiger partial charge in [-0.1, -0.05) is 0 Å². The average Bonchev–Trinajstić information content (AvgIpc) is 2.79. The van der Waals surface area contributed by atoms with Crippen LogP contribution in [-0.4, -0.2) is 18.6 Å². The Balaban J connectivity index is 2.47. The molecule has 2 aromatic rings. The number of halogens is 4. The maximum absolute atomic E-state index is 12.4. The average molecular weight is 315 g/mol. The van der Waals surface area contributed by atoms with Crippen LogP contribution in [0.4, 0.5) is 13.2 Å². The van der Waals surface area contributed by atoms with Gasteiger partial charge in [-0.05, 0) is 13.0 Å². The van der Waals surface area contributed by atoms with Crippen molar-refractivity contribution in [3.05, 3.63) is 23.6 Å². The minimum atomic E-state index is -4.58. The van der Waals surface area contributed by atoms with Crippen molar-refractivity contribution in [2.45, 2.75) is 18.0 Å². The van der Waals surface area contributed by atoms with Crippen LogP contribution in [0, 0.1) is 6.92 Å². The summed E-state index contributed by atoms with van der Waals surface area (Å²) in [5.41, 5.74) is -1.23. The molecule has 0 aliphatic carbocycles. The topological polar surface area (TPSA) is 76.0 Å². The minimum absolute atomic E-state index is 0.0263. The Bertz CT molecular complexity index is 717. The molecule has 10 heteroatoms. The quantitative estimate of drug-likeness (QED) is 0.865. The third kappa shape index (κ3) is 2.76. The van der Waals surface area contributed by atoms with Gasteiger partial charge in [0.15, 0.2) is 5.76 Å². The van der Waals surface area contributed by atoms with Crippen molar-refractivity contribution in [3.63, 3.8) is 0 Å². The maximum atomic E-state index is 12.4. The summed E-state index contributed by atoms with van der Waals surface area (Å²) in [5.74, 6) is -0.148. The molecule has 2 heterocycles. The second-order valence-corrected chi connectivity index (χ2v) is 6.17. The van der Waals surface area contributed by atoms with E-state index < -0.39 is 20.9 Å². The second-order valence-electron chi connectivity index (χ2n) is 3.63. The summed E-state index contributed by atoms with van der Waals surface area (Å²) in [6.45, 7) is 1.33. The number of aromatic nitrogens is 2. The first kappa shape index (κ1) is 13.9. The van der Waals surface area contributed by atoms with Crippen molar-refractivity contribution in [2.24, 2.45) is 0 Å². The van der Waals surface area contributed by atoms with E-state index in [4.69, 9.17) is 15.1 Å². The van der Waals surface area contributed by atoms with Crippen LogP contribution in [0.25, 0.3) is 11.5 Å². The summed E-state index contributed by atoms with van der Waals surface area (Å²) in [6.07, 6.45) is -4.58. The maximum Gasteiger partial charge on any atom is 0.432 e. The molecule has 5 nitrogen and oxygen atoms in total. The summed E-state index contributed by atoms with van der Waals surface area (Å²) in [4.78, 5) is -0.305. The summed E-state index contributed by atoms with van der Waals surface area (Å²) in [6, 6.07) is 1.73. The standard InChI is InChI=1S/C9H6ClF3N2O3S/c1-4-7(19(10,16)17)3-6(18-4)5-2-8(15-14-5)9(11,12)13/h2-3H,1H3,(H,14,15). The van der Waals surface area contributed by atoms with E-state index >= 15 is 0 Å². The van der Waals surface area contributed by atoms with Gasteiger partial charge in [-0.3, -0.25) is 5.10 Å². The van der Waals surface area contributed by atoms with Gasteiger partial charge < -0.3 is 4.42 Å². The molecule has 0 amide bonds. The predicted molar refractivity (Wildman–Crippen MR) is 59.1 cm³/mol. The number of H-pyrrole nitrogens is 1. The summed E-state index contributed by atoms with van der Waals surface area (Å²) < 4.78 is 64.5. The number of rotatable bonds is 2. The van der Waals surface area contributed by atoms with E-state index in [-0.39, 0.29) is 22.1 Å². The van der Waals surface area contributed by atoms with Crippen LogP contribution in [0.5, 0.6) is 0 Å². The number of alkyl halides is 3. The Hall–Kier alpha value is -1.48. The molecule has 104 valence electrons. The first-order valence-corrected chi connectivity index (χ1v) is 7.08.